The number of sulfonamides is 1. The summed E-state index contributed by atoms with van der Waals surface area (Å²) in [6.07, 6.45) is 0. The number of nitrogens with one attached hydrogen (secondary N) is 1. The van der Waals surface area contributed by atoms with Crippen LogP contribution in [0.15, 0.2) is 45.5 Å². The molecule has 0 aromatic heterocycles. The number of rotatable bonds is 12. The number of benzene rings is 2. The van der Waals surface area contributed by atoms with Crippen LogP contribution in [0.4, 0.5) is 28.4 Å². The maximum absolute atomic E-state index is 12.8. The van der Waals surface area contributed by atoms with Gasteiger partial charge in [-0.1, -0.05) is 0 Å². The summed E-state index contributed by atoms with van der Waals surface area (Å²) in [6.45, 7) is 4.65. The Morgan fingerprint density at radius 1 is 1.11 bits per heavy atom. The van der Waals surface area contributed by atoms with Crippen molar-refractivity contribution in [3.8, 4) is 0 Å². The average molecular weight is 549 g/mol. The van der Waals surface area contributed by atoms with E-state index >= 15 is 0 Å². The van der Waals surface area contributed by atoms with E-state index in [1.54, 1.807) is 32.4 Å². The van der Waals surface area contributed by atoms with Gasteiger partial charge in [-0.05, 0) is 31.2 Å². The predicted molar refractivity (Wildman–Crippen MR) is 138 cm³/mol. The maximum atomic E-state index is 12.8. The molecule has 38 heavy (non-hydrogen) atoms. The smallest absolute Gasteiger partial charge is 0.297 e. The molecule has 0 bridgehead atoms. The van der Waals surface area contributed by atoms with Crippen molar-refractivity contribution in [2.45, 2.75) is 18.7 Å². The van der Waals surface area contributed by atoms with Crippen molar-refractivity contribution in [3.05, 3.63) is 46.0 Å². The molecule has 0 atom stereocenters. The minimum absolute atomic E-state index is 0.126. The van der Waals surface area contributed by atoms with Gasteiger partial charge in [-0.2, -0.15) is 0 Å². The molecule has 15 heteroatoms. The number of nitrogens with zero attached hydrogens (tertiary/aromatic N) is 5. The van der Waals surface area contributed by atoms with Crippen molar-refractivity contribution in [2.75, 3.05) is 57.3 Å². The van der Waals surface area contributed by atoms with Crippen LogP contribution in [0.1, 0.15) is 24.2 Å². The number of fused-ring (bicyclic) bond motifs is 1. The third kappa shape index (κ3) is 5.95. The Morgan fingerprint density at radius 3 is 2.29 bits per heavy atom. The molecule has 1 aliphatic rings. The van der Waals surface area contributed by atoms with Crippen molar-refractivity contribution >= 4 is 50.3 Å². The summed E-state index contributed by atoms with van der Waals surface area (Å²) in [6, 6.07) is 6.81. The molecule has 0 saturated heterocycles. The van der Waals surface area contributed by atoms with Crippen LogP contribution < -0.4 is 10.2 Å². The molecule has 204 valence electrons. The number of methoxy groups -OCH3 is 2. The fourth-order valence-electron chi connectivity index (χ4n) is 3.82. The van der Waals surface area contributed by atoms with E-state index in [2.05, 4.69) is 15.5 Å². The fraction of sp³-hybridized carbons (Fsp3) is 0.391. The first kappa shape index (κ1) is 28.6. The van der Waals surface area contributed by atoms with E-state index < -0.39 is 26.5 Å². The Balaban J connectivity index is 2.06. The number of hydrogen-bond donors (Lipinski definition) is 1. The summed E-state index contributed by atoms with van der Waals surface area (Å²) in [5.74, 6) is -1.23. The van der Waals surface area contributed by atoms with Crippen LogP contribution in [-0.2, 0) is 24.3 Å². The number of hydrogen-bond acceptors (Lipinski definition) is 11. The third-order valence-electron chi connectivity index (χ3n) is 5.64. The summed E-state index contributed by atoms with van der Waals surface area (Å²) in [5.41, 5.74) is -0.0593. The zero-order chi connectivity index (χ0) is 28.0. The van der Waals surface area contributed by atoms with Crippen molar-refractivity contribution in [1.82, 2.24) is 4.31 Å². The van der Waals surface area contributed by atoms with Gasteiger partial charge in [0, 0.05) is 52.5 Å². The number of ether oxygens (including phenoxy) is 2. The molecule has 0 spiro atoms. The molecule has 1 N–H and O–H groups in total. The van der Waals surface area contributed by atoms with Gasteiger partial charge >= 0.3 is 0 Å². The van der Waals surface area contributed by atoms with Gasteiger partial charge in [-0.3, -0.25) is 19.7 Å². The van der Waals surface area contributed by atoms with Crippen LogP contribution in [0.3, 0.4) is 0 Å². The Hall–Kier alpha value is -3.95. The average Bonchev–Trinajstić information content (AvgIpc) is 3.06. The zero-order valence-corrected chi connectivity index (χ0v) is 22.1. The van der Waals surface area contributed by atoms with E-state index in [4.69, 9.17) is 9.47 Å². The molecular weight excluding hydrogens is 520 g/mol. The lowest BCUT2D eigenvalue weighted by Crippen LogP contribution is -2.30. The Kier molecular flexibility index (Phi) is 9.08. The van der Waals surface area contributed by atoms with E-state index in [0.717, 1.165) is 17.8 Å². The standard InChI is InChI=1S/C23H28N6O8S/c1-5-28-23(31)17-13-21(29(32)33)20(14-22(17)38(28,34)35)26-25-18-7-6-16(12-19(18)24-15(2)30)27(8-10-36-3)9-11-37-4/h6-7,12-14H,5,8-11H2,1-4H3,(H,24,30)/b26-25+. The number of azo groups is 1. The molecule has 2 amide bonds. The lowest BCUT2D eigenvalue weighted by Gasteiger charge is -2.25. The summed E-state index contributed by atoms with van der Waals surface area (Å²) < 4.78 is 36.5. The molecule has 0 radical (unpaired) electrons. The van der Waals surface area contributed by atoms with Gasteiger partial charge in [0.2, 0.25) is 5.91 Å². The molecule has 1 heterocycles. The molecular formula is C23H28N6O8S. The summed E-state index contributed by atoms with van der Waals surface area (Å²) in [7, 11) is -1.01. The SMILES string of the molecule is CCN1C(=O)c2cc([N+](=O)[O-])c(/N=N/c3ccc(N(CCOC)CCOC)cc3NC(C)=O)cc2S1(=O)=O. The second-order valence-electron chi connectivity index (χ2n) is 8.12. The van der Waals surface area contributed by atoms with Gasteiger partial charge in [0.1, 0.15) is 10.6 Å². The minimum atomic E-state index is -4.17. The van der Waals surface area contributed by atoms with Gasteiger partial charge < -0.3 is 19.7 Å². The summed E-state index contributed by atoms with van der Waals surface area (Å²) >= 11 is 0. The number of amides is 2. The molecule has 0 saturated carbocycles. The van der Waals surface area contributed by atoms with Crippen LogP contribution in [-0.4, -0.2) is 76.5 Å². The highest BCUT2D eigenvalue weighted by molar-refractivity contribution is 7.90. The van der Waals surface area contributed by atoms with Crippen LogP contribution >= 0.6 is 0 Å². The monoisotopic (exact) mass is 548 g/mol. The highest BCUT2D eigenvalue weighted by atomic mass is 32.2. The van der Waals surface area contributed by atoms with E-state index in [0.29, 0.717) is 30.6 Å². The Bertz CT molecular complexity index is 1370. The first-order chi connectivity index (χ1) is 18.0. The van der Waals surface area contributed by atoms with Gasteiger partial charge in [-0.15, -0.1) is 10.2 Å². The quantitative estimate of drug-likeness (QED) is 0.237. The van der Waals surface area contributed by atoms with Crippen molar-refractivity contribution in [2.24, 2.45) is 10.2 Å². The van der Waals surface area contributed by atoms with Gasteiger partial charge in [0.15, 0.2) is 5.69 Å². The minimum Gasteiger partial charge on any atom is -0.383 e. The number of carbonyl (C=O) groups is 2. The predicted octanol–water partition coefficient (Wildman–Crippen LogP) is 3.23. The number of nitro groups is 1. The van der Waals surface area contributed by atoms with E-state index in [9.17, 15) is 28.1 Å². The molecule has 14 nitrogen and oxygen atoms in total. The van der Waals surface area contributed by atoms with Crippen molar-refractivity contribution < 1.29 is 32.4 Å². The lowest BCUT2D eigenvalue weighted by atomic mass is 10.1. The van der Waals surface area contributed by atoms with Gasteiger partial charge in [0.05, 0.1) is 29.4 Å². The third-order valence-corrected chi connectivity index (χ3v) is 7.54. The first-order valence-corrected chi connectivity index (χ1v) is 12.9. The van der Waals surface area contributed by atoms with E-state index in [-0.39, 0.29) is 40.0 Å². The molecule has 0 fully saturated rings. The van der Waals surface area contributed by atoms with Crippen molar-refractivity contribution in [3.63, 3.8) is 0 Å². The van der Waals surface area contributed by atoms with E-state index in [1.807, 2.05) is 4.90 Å². The van der Waals surface area contributed by atoms with Gasteiger partial charge in [-0.25, -0.2) is 12.7 Å². The highest BCUT2D eigenvalue weighted by Gasteiger charge is 2.42. The molecule has 3 rings (SSSR count). The van der Waals surface area contributed by atoms with E-state index in [1.165, 1.54) is 13.8 Å². The van der Waals surface area contributed by atoms with Crippen molar-refractivity contribution in [1.29, 1.82) is 0 Å². The second kappa shape index (κ2) is 12.1. The first-order valence-electron chi connectivity index (χ1n) is 11.5. The topological polar surface area (TPSA) is 173 Å². The molecule has 2 aromatic carbocycles. The largest absolute Gasteiger partial charge is 0.383 e. The number of nitro benzene ring substituents is 1. The fourth-order valence-corrected chi connectivity index (χ4v) is 5.40. The highest BCUT2D eigenvalue weighted by Crippen LogP contribution is 2.40. The van der Waals surface area contributed by atoms with Gasteiger partial charge in [0.25, 0.3) is 21.6 Å². The number of carbonyl (C=O) groups excluding carboxylic acids is 2. The normalized spacial score (nSPS) is 14.1. The van der Waals surface area contributed by atoms with Crippen LogP contribution in [0, 0.1) is 10.1 Å². The summed E-state index contributed by atoms with van der Waals surface area (Å²) in [5, 5.41) is 22.4. The Labute approximate surface area is 219 Å². The molecule has 2 aromatic rings. The second-order valence-corrected chi connectivity index (χ2v) is 9.96. The van der Waals surface area contributed by atoms with Crippen LogP contribution in [0.2, 0.25) is 0 Å². The van der Waals surface area contributed by atoms with Crippen LogP contribution in [0.5, 0.6) is 0 Å². The molecule has 1 aliphatic heterocycles. The number of anilines is 2. The summed E-state index contributed by atoms with van der Waals surface area (Å²) in [4.78, 5) is 36.9. The van der Waals surface area contributed by atoms with Crippen LogP contribution in [0.25, 0.3) is 0 Å². The maximum Gasteiger partial charge on any atom is 0.297 e. The molecule has 0 aliphatic carbocycles. The Morgan fingerprint density at radius 2 is 1.74 bits per heavy atom. The molecule has 0 unspecified atom stereocenters. The lowest BCUT2D eigenvalue weighted by molar-refractivity contribution is -0.384. The zero-order valence-electron chi connectivity index (χ0n) is 21.3.